The molecule has 0 aromatic carbocycles. The maximum absolute atomic E-state index is 10.6. The van der Waals surface area contributed by atoms with Crippen molar-refractivity contribution in [1.82, 2.24) is 0 Å². The predicted octanol–water partition coefficient (Wildman–Crippen LogP) is 3.06. The largest absolute Gasteiger partial charge is 0.481 e. The van der Waals surface area contributed by atoms with Crippen LogP contribution in [0.3, 0.4) is 0 Å². The summed E-state index contributed by atoms with van der Waals surface area (Å²) in [5.74, 6) is 1.71. The molecule has 3 atom stereocenters. The summed E-state index contributed by atoms with van der Waals surface area (Å²) in [4.78, 5) is 10.6. The zero-order chi connectivity index (χ0) is 13.7. The average Bonchev–Trinajstić information content (AvgIpc) is 3.25. The first kappa shape index (κ1) is 14.8. The molecule has 2 rings (SSSR count). The molecule has 110 valence electrons. The second-order valence-corrected chi connectivity index (χ2v) is 6.10. The van der Waals surface area contributed by atoms with Gasteiger partial charge >= 0.3 is 5.97 Å². The summed E-state index contributed by atoms with van der Waals surface area (Å²) < 4.78 is 11.4. The Morgan fingerprint density at radius 2 is 1.89 bits per heavy atom. The van der Waals surface area contributed by atoms with Crippen molar-refractivity contribution >= 4 is 5.97 Å². The fourth-order valence-corrected chi connectivity index (χ4v) is 2.38. The Morgan fingerprint density at radius 3 is 2.42 bits per heavy atom. The SMILES string of the molecule is CC1CC1CCOC(CCC(=O)O)OCCC1CC1. The van der Waals surface area contributed by atoms with E-state index in [-0.39, 0.29) is 12.7 Å². The number of carboxylic acids is 1. The second kappa shape index (κ2) is 7.25. The molecule has 2 fully saturated rings. The molecule has 0 saturated heterocycles. The summed E-state index contributed by atoms with van der Waals surface area (Å²) in [5.41, 5.74) is 0. The van der Waals surface area contributed by atoms with Crippen molar-refractivity contribution < 1.29 is 19.4 Å². The molecule has 1 N–H and O–H groups in total. The first-order chi connectivity index (χ1) is 9.15. The fraction of sp³-hybridized carbons (Fsp3) is 0.933. The Bertz CT molecular complexity index is 288. The van der Waals surface area contributed by atoms with Crippen LogP contribution in [0.15, 0.2) is 0 Å². The third-order valence-electron chi connectivity index (χ3n) is 4.19. The lowest BCUT2D eigenvalue weighted by molar-refractivity contribution is -0.157. The van der Waals surface area contributed by atoms with E-state index in [9.17, 15) is 4.79 Å². The molecule has 2 aliphatic rings. The Kier molecular flexibility index (Phi) is 5.64. The molecule has 19 heavy (non-hydrogen) atoms. The zero-order valence-corrected chi connectivity index (χ0v) is 11.8. The number of hydrogen-bond donors (Lipinski definition) is 1. The highest BCUT2D eigenvalue weighted by molar-refractivity contribution is 5.66. The predicted molar refractivity (Wildman–Crippen MR) is 71.8 cm³/mol. The Balaban J connectivity index is 1.57. The Morgan fingerprint density at radius 1 is 1.26 bits per heavy atom. The van der Waals surface area contributed by atoms with Crippen molar-refractivity contribution in [1.29, 1.82) is 0 Å². The molecule has 2 saturated carbocycles. The molecule has 0 heterocycles. The van der Waals surface area contributed by atoms with E-state index in [2.05, 4.69) is 6.92 Å². The normalized spacial score (nSPS) is 27.2. The number of aliphatic carboxylic acids is 1. The van der Waals surface area contributed by atoms with Crippen LogP contribution >= 0.6 is 0 Å². The van der Waals surface area contributed by atoms with Crippen LogP contribution in [0.25, 0.3) is 0 Å². The van der Waals surface area contributed by atoms with Crippen LogP contribution in [0.1, 0.15) is 51.9 Å². The quantitative estimate of drug-likeness (QED) is 0.586. The number of hydrogen-bond acceptors (Lipinski definition) is 3. The summed E-state index contributed by atoms with van der Waals surface area (Å²) in [5, 5.41) is 8.73. The van der Waals surface area contributed by atoms with E-state index >= 15 is 0 Å². The van der Waals surface area contributed by atoms with Crippen molar-refractivity contribution in [2.24, 2.45) is 17.8 Å². The average molecular weight is 270 g/mol. The molecule has 0 aromatic rings. The fourth-order valence-electron chi connectivity index (χ4n) is 2.38. The minimum absolute atomic E-state index is 0.119. The highest BCUT2D eigenvalue weighted by Crippen LogP contribution is 2.40. The van der Waals surface area contributed by atoms with E-state index in [1.807, 2.05) is 0 Å². The van der Waals surface area contributed by atoms with Crippen LogP contribution in [0.2, 0.25) is 0 Å². The van der Waals surface area contributed by atoms with Crippen molar-refractivity contribution in [3.8, 4) is 0 Å². The van der Waals surface area contributed by atoms with Crippen LogP contribution in [-0.2, 0) is 14.3 Å². The number of carbonyl (C=O) groups is 1. The Labute approximate surface area is 115 Å². The first-order valence-electron chi connectivity index (χ1n) is 7.60. The van der Waals surface area contributed by atoms with Crippen molar-refractivity contribution in [2.75, 3.05) is 13.2 Å². The summed E-state index contributed by atoms with van der Waals surface area (Å²) in [6.07, 6.45) is 6.37. The van der Waals surface area contributed by atoms with Gasteiger partial charge in [0.05, 0.1) is 13.0 Å². The van der Waals surface area contributed by atoms with Crippen LogP contribution in [0.4, 0.5) is 0 Å². The summed E-state index contributed by atoms with van der Waals surface area (Å²) in [6, 6.07) is 0. The monoisotopic (exact) mass is 270 g/mol. The highest BCUT2D eigenvalue weighted by atomic mass is 16.7. The lowest BCUT2D eigenvalue weighted by Crippen LogP contribution is -2.20. The van der Waals surface area contributed by atoms with Gasteiger partial charge in [0.2, 0.25) is 0 Å². The van der Waals surface area contributed by atoms with Gasteiger partial charge in [-0.1, -0.05) is 19.8 Å². The smallest absolute Gasteiger partial charge is 0.303 e. The number of rotatable bonds is 11. The molecule has 0 spiro atoms. The van der Waals surface area contributed by atoms with Gasteiger partial charge in [-0.05, 0) is 37.0 Å². The molecular formula is C15H26O4. The van der Waals surface area contributed by atoms with E-state index in [4.69, 9.17) is 14.6 Å². The molecule has 0 radical (unpaired) electrons. The minimum atomic E-state index is -0.782. The van der Waals surface area contributed by atoms with Gasteiger partial charge < -0.3 is 14.6 Å². The van der Waals surface area contributed by atoms with E-state index in [1.165, 1.54) is 19.3 Å². The molecule has 4 heteroatoms. The van der Waals surface area contributed by atoms with E-state index in [0.29, 0.717) is 19.6 Å². The highest BCUT2D eigenvalue weighted by Gasteiger charge is 2.32. The van der Waals surface area contributed by atoms with Gasteiger partial charge in [-0.2, -0.15) is 0 Å². The minimum Gasteiger partial charge on any atom is -0.481 e. The Hall–Kier alpha value is -0.610. The summed E-state index contributed by atoms with van der Waals surface area (Å²) in [6.45, 7) is 3.66. The molecule has 0 aliphatic heterocycles. The van der Waals surface area contributed by atoms with E-state index < -0.39 is 5.97 Å². The van der Waals surface area contributed by atoms with Gasteiger partial charge in [0, 0.05) is 13.0 Å². The second-order valence-electron chi connectivity index (χ2n) is 6.10. The summed E-state index contributed by atoms with van der Waals surface area (Å²) >= 11 is 0. The maximum Gasteiger partial charge on any atom is 0.303 e. The lowest BCUT2D eigenvalue weighted by atomic mass is 10.2. The van der Waals surface area contributed by atoms with Gasteiger partial charge in [-0.25, -0.2) is 0 Å². The van der Waals surface area contributed by atoms with E-state index in [1.54, 1.807) is 0 Å². The third-order valence-corrected chi connectivity index (χ3v) is 4.19. The van der Waals surface area contributed by atoms with Crippen LogP contribution in [-0.4, -0.2) is 30.6 Å². The number of ether oxygens (including phenoxy) is 2. The van der Waals surface area contributed by atoms with Crippen LogP contribution < -0.4 is 0 Å². The molecule has 0 bridgehead atoms. The van der Waals surface area contributed by atoms with Crippen molar-refractivity contribution in [3.05, 3.63) is 0 Å². The topological polar surface area (TPSA) is 55.8 Å². The third kappa shape index (κ3) is 6.39. The van der Waals surface area contributed by atoms with E-state index in [0.717, 1.165) is 30.6 Å². The van der Waals surface area contributed by atoms with Crippen LogP contribution in [0, 0.1) is 17.8 Å². The van der Waals surface area contributed by atoms with Gasteiger partial charge in [-0.3, -0.25) is 4.79 Å². The van der Waals surface area contributed by atoms with Gasteiger partial charge in [-0.15, -0.1) is 0 Å². The molecule has 2 aliphatic carbocycles. The first-order valence-corrected chi connectivity index (χ1v) is 7.60. The van der Waals surface area contributed by atoms with Gasteiger partial charge in [0.1, 0.15) is 0 Å². The standard InChI is InChI=1S/C15H26O4/c1-11-10-13(11)7-9-19-15(5-4-14(16)17)18-8-6-12-2-3-12/h11-13,15H,2-10H2,1H3,(H,16,17). The zero-order valence-electron chi connectivity index (χ0n) is 11.8. The molecule has 0 amide bonds. The molecule has 4 nitrogen and oxygen atoms in total. The van der Waals surface area contributed by atoms with Crippen molar-refractivity contribution in [2.45, 2.75) is 58.2 Å². The molecule has 0 aromatic heterocycles. The molecular weight excluding hydrogens is 244 g/mol. The number of carboxylic acid groups (broad SMARTS) is 1. The van der Waals surface area contributed by atoms with Crippen LogP contribution in [0.5, 0.6) is 0 Å². The van der Waals surface area contributed by atoms with Crippen molar-refractivity contribution in [3.63, 3.8) is 0 Å². The van der Waals surface area contributed by atoms with Gasteiger partial charge in [0.25, 0.3) is 0 Å². The summed E-state index contributed by atoms with van der Waals surface area (Å²) in [7, 11) is 0. The lowest BCUT2D eigenvalue weighted by Gasteiger charge is -2.18. The van der Waals surface area contributed by atoms with Gasteiger partial charge in [0.15, 0.2) is 6.29 Å². The molecule has 3 unspecified atom stereocenters. The maximum atomic E-state index is 10.6.